The Kier molecular flexibility index (Phi) is 10.8. The molecule has 0 aliphatic heterocycles. The van der Waals surface area contributed by atoms with E-state index >= 15 is 0 Å². The topological polar surface area (TPSA) is 140 Å². The molecule has 2 aromatic carbocycles. The van der Waals surface area contributed by atoms with Crippen molar-refractivity contribution in [2.75, 3.05) is 13.2 Å². The van der Waals surface area contributed by atoms with E-state index in [0.29, 0.717) is 6.07 Å². The third kappa shape index (κ3) is 9.91. The van der Waals surface area contributed by atoms with E-state index in [0.717, 1.165) is 37.3 Å². The zero-order chi connectivity index (χ0) is 32.0. The molecule has 0 aliphatic rings. The normalized spacial score (nSPS) is 12.1. The van der Waals surface area contributed by atoms with E-state index in [9.17, 15) is 63.4 Å². The maximum atomic E-state index is 12.7. The average molecular weight is 614 g/mol. The minimum absolute atomic E-state index is 0.481. The minimum atomic E-state index is -5.79. The summed E-state index contributed by atoms with van der Waals surface area (Å²) in [5.74, 6) is -16.4. The molecule has 0 heterocycles. The van der Waals surface area contributed by atoms with Gasteiger partial charge in [0.05, 0.1) is 0 Å². The molecule has 2 aromatic rings. The van der Waals surface area contributed by atoms with E-state index in [-0.39, 0.29) is 0 Å². The summed E-state index contributed by atoms with van der Waals surface area (Å²) in [6, 6.07) is 4.76. The van der Waals surface area contributed by atoms with Gasteiger partial charge >= 0.3 is 42.1 Å². The number of aromatic carboxylic acids is 2. The Morgan fingerprint density at radius 1 is 0.683 bits per heavy atom. The van der Waals surface area contributed by atoms with E-state index in [1.165, 1.54) is 0 Å². The van der Waals surface area contributed by atoms with E-state index in [4.69, 9.17) is 10.2 Å². The number of hydrogen-bond acceptors (Lipinski definition) is 7. The van der Waals surface area contributed by atoms with Gasteiger partial charge in [0.15, 0.2) is 13.2 Å². The number of aromatic hydroxyl groups is 1. The van der Waals surface area contributed by atoms with Crippen LogP contribution in [0.4, 0.5) is 43.9 Å². The van der Waals surface area contributed by atoms with Gasteiger partial charge in [-0.25, -0.2) is 9.59 Å². The van der Waals surface area contributed by atoms with Gasteiger partial charge in [-0.15, -0.1) is 0 Å². The first-order valence-electron chi connectivity index (χ1n) is 10.3. The summed E-state index contributed by atoms with van der Waals surface area (Å²) < 4.78 is 135. The molecule has 228 valence electrons. The molecule has 0 fully saturated rings. The van der Waals surface area contributed by atoms with Crippen LogP contribution in [0.25, 0.3) is 0 Å². The largest absolute Gasteiger partial charge is 0.507 e. The molecule has 19 heteroatoms. The molecule has 0 aliphatic carbocycles. The van der Waals surface area contributed by atoms with Crippen LogP contribution < -0.4 is 14.2 Å². The molecule has 0 atom stereocenters. The molecule has 0 saturated carbocycles. The lowest BCUT2D eigenvalue weighted by molar-refractivity contribution is -0.290. The molecule has 41 heavy (non-hydrogen) atoms. The lowest BCUT2D eigenvalue weighted by Gasteiger charge is -2.20. The fourth-order valence-corrected chi connectivity index (χ4v) is 2.30. The molecular formula is C22H16F10O9. The summed E-state index contributed by atoms with van der Waals surface area (Å²) in [5.41, 5.74) is -1.01. The van der Waals surface area contributed by atoms with E-state index in [1.54, 1.807) is 0 Å². The lowest BCUT2D eigenvalue weighted by atomic mass is 10.2. The Labute approximate surface area is 221 Å². The number of halogens is 10. The SMILES string of the molecule is CC(=O)Oc1cc(OCC(F)(F)C(F)(F)F)ccc1C(=O)O.O=C(O)c1ccc(OCC(F)(F)C(F)(F)F)cc1O. The smallest absolute Gasteiger partial charge is 0.456 e. The Hall–Kier alpha value is -4.45. The van der Waals surface area contributed by atoms with Crippen molar-refractivity contribution < 1.29 is 87.8 Å². The maximum Gasteiger partial charge on any atom is 0.456 e. The minimum Gasteiger partial charge on any atom is -0.507 e. The number of rotatable bonds is 9. The summed E-state index contributed by atoms with van der Waals surface area (Å²) in [4.78, 5) is 32.2. The molecule has 0 saturated heterocycles. The number of hydrogen-bond donors (Lipinski definition) is 3. The number of carbonyl (C=O) groups excluding carboxylic acids is 1. The van der Waals surface area contributed by atoms with Gasteiger partial charge in [0.25, 0.3) is 0 Å². The van der Waals surface area contributed by atoms with Gasteiger partial charge in [0.2, 0.25) is 0 Å². The number of carbonyl (C=O) groups is 3. The number of carboxylic acid groups (broad SMARTS) is 2. The van der Waals surface area contributed by atoms with Crippen molar-refractivity contribution in [3.8, 4) is 23.0 Å². The van der Waals surface area contributed by atoms with Crippen LogP contribution in [0.15, 0.2) is 36.4 Å². The van der Waals surface area contributed by atoms with Crippen molar-refractivity contribution in [1.82, 2.24) is 0 Å². The second kappa shape index (κ2) is 12.8. The van der Waals surface area contributed by atoms with Gasteiger partial charge in [-0.1, -0.05) is 0 Å². The maximum absolute atomic E-state index is 12.7. The second-order valence-corrected chi connectivity index (χ2v) is 7.52. The number of phenols is 1. The molecule has 0 radical (unpaired) electrons. The van der Waals surface area contributed by atoms with Gasteiger partial charge in [-0.2, -0.15) is 43.9 Å². The fourth-order valence-electron chi connectivity index (χ4n) is 2.30. The van der Waals surface area contributed by atoms with Crippen molar-refractivity contribution in [3.05, 3.63) is 47.5 Å². The highest BCUT2D eigenvalue weighted by atomic mass is 19.4. The highest BCUT2D eigenvalue weighted by Gasteiger charge is 2.59. The number of benzene rings is 2. The predicted octanol–water partition coefficient (Wildman–Crippen LogP) is 5.55. The quantitative estimate of drug-likeness (QED) is 0.188. The molecule has 0 spiro atoms. The highest BCUT2D eigenvalue weighted by molar-refractivity contribution is 5.92. The average Bonchev–Trinajstić information content (AvgIpc) is 2.80. The van der Waals surface area contributed by atoms with E-state index < -0.39 is 89.4 Å². The summed E-state index contributed by atoms with van der Waals surface area (Å²) in [7, 11) is 0. The van der Waals surface area contributed by atoms with Crippen molar-refractivity contribution in [1.29, 1.82) is 0 Å². The molecule has 0 unspecified atom stereocenters. The fraction of sp³-hybridized carbons (Fsp3) is 0.318. The first-order valence-corrected chi connectivity index (χ1v) is 10.3. The van der Waals surface area contributed by atoms with Crippen molar-refractivity contribution in [2.24, 2.45) is 0 Å². The van der Waals surface area contributed by atoms with Crippen molar-refractivity contribution in [2.45, 2.75) is 31.1 Å². The van der Waals surface area contributed by atoms with Gasteiger partial charge in [0.1, 0.15) is 34.1 Å². The third-order valence-corrected chi connectivity index (χ3v) is 4.31. The number of esters is 1. The number of carboxylic acids is 2. The number of ether oxygens (including phenoxy) is 3. The summed E-state index contributed by atoms with van der Waals surface area (Å²) in [6.07, 6.45) is -11.5. The van der Waals surface area contributed by atoms with Gasteiger partial charge in [-0.05, 0) is 24.3 Å². The Bertz CT molecular complexity index is 1260. The van der Waals surface area contributed by atoms with Crippen molar-refractivity contribution in [3.63, 3.8) is 0 Å². The Morgan fingerprint density at radius 3 is 1.41 bits per heavy atom. The zero-order valence-corrected chi connectivity index (χ0v) is 19.9. The third-order valence-electron chi connectivity index (χ3n) is 4.31. The Morgan fingerprint density at radius 2 is 1.07 bits per heavy atom. The van der Waals surface area contributed by atoms with Crippen LogP contribution in [0, 0.1) is 0 Å². The molecule has 3 N–H and O–H groups in total. The monoisotopic (exact) mass is 614 g/mol. The molecular weight excluding hydrogens is 598 g/mol. The molecule has 9 nitrogen and oxygen atoms in total. The zero-order valence-electron chi connectivity index (χ0n) is 19.9. The summed E-state index contributed by atoms with van der Waals surface area (Å²) >= 11 is 0. The van der Waals surface area contributed by atoms with Crippen LogP contribution in [-0.4, -0.2) is 70.6 Å². The Balaban J connectivity index is 0.000000414. The van der Waals surface area contributed by atoms with Crippen LogP contribution in [0.5, 0.6) is 23.0 Å². The summed E-state index contributed by atoms with van der Waals surface area (Å²) in [6.45, 7) is -3.01. The predicted molar refractivity (Wildman–Crippen MR) is 113 cm³/mol. The van der Waals surface area contributed by atoms with Gasteiger partial charge < -0.3 is 29.5 Å². The van der Waals surface area contributed by atoms with Crippen LogP contribution >= 0.6 is 0 Å². The van der Waals surface area contributed by atoms with Gasteiger partial charge in [-0.3, -0.25) is 4.79 Å². The van der Waals surface area contributed by atoms with Crippen molar-refractivity contribution >= 4 is 17.9 Å². The summed E-state index contributed by atoms with van der Waals surface area (Å²) in [5, 5.41) is 26.6. The standard InChI is InChI=1S/C12H9F5O5.C10H7F5O4/c1-6(18)22-9-4-7(2-3-8(9)10(19)20)21-5-11(13,14)12(15,16)17;11-9(12,10(13,14)15)4-19-5-1-2-6(8(17)18)7(16)3-5/h2-4H,5H2,1H3,(H,19,20);1-3,16H,4H2,(H,17,18). The number of alkyl halides is 10. The molecule has 2 rings (SSSR count). The molecule has 0 aromatic heterocycles. The van der Waals surface area contributed by atoms with Gasteiger partial charge in [0, 0.05) is 19.1 Å². The second-order valence-electron chi connectivity index (χ2n) is 7.52. The highest BCUT2D eigenvalue weighted by Crippen LogP contribution is 2.37. The first kappa shape index (κ1) is 34.6. The molecule has 0 bridgehead atoms. The lowest BCUT2D eigenvalue weighted by Crippen LogP contribution is -2.41. The van der Waals surface area contributed by atoms with Crippen LogP contribution in [0.1, 0.15) is 27.6 Å². The first-order chi connectivity index (χ1) is 18.5. The molecule has 0 amide bonds. The van der Waals surface area contributed by atoms with Crippen LogP contribution in [0.3, 0.4) is 0 Å². The van der Waals surface area contributed by atoms with E-state index in [1.807, 2.05) is 0 Å². The van der Waals surface area contributed by atoms with E-state index in [2.05, 4.69) is 14.2 Å². The van der Waals surface area contributed by atoms with Crippen LogP contribution in [0.2, 0.25) is 0 Å². The van der Waals surface area contributed by atoms with Crippen LogP contribution in [-0.2, 0) is 4.79 Å².